The first kappa shape index (κ1) is 32.0. The van der Waals surface area contributed by atoms with Crippen molar-refractivity contribution >= 4 is 21.9 Å². The lowest BCUT2D eigenvalue weighted by atomic mass is 9.87. The first-order valence-electron chi connectivity index (χ1n) is 11.3. The Labute approximate surface area is 214 Å². The molecule has 0 saturated carbocycles. The van der Waals surface area contributed by atoms with E-state index in [2.05, 4.69) is 4.72 Å². The van der Waals surface area contributed by atoms with Crippen molar-refractivity contribution in [2.24, 2.45) is 0 Å². The third kappa shape index (κ3) is 10.1. The summed E-state index contributed by atoms with van der Waals surface area (Å²) < 4.78 is 73.3. The lowest BCUT2D eigenvalue weighted by Crippen LogP contribution is -2.32. The highest BCUT2D eigenvalue weighted by Gasteiger charge is 2.38. The second kappa shape index (κ2) is 13.0. The van der Waals surface area contributed by atoms with Gasteiger partial charge in [-0.1, -0.05) is 39.8 Å². The molecular formula is C25H32F4N2O5S. The van der Waals surface area contributed by atoms with E-state index in [4.69, 9.17) is 9.90 Å². The molecule has 0 spiro atoms. The van der Waals surface area contributed by atoms with Gasteiger partial charge in [0.05, 0.1) is 11.3 Å². The molecule has 0 unspecified atom stereocenters. The molecule has 0 radical (unpaired) electrons. The summed E-state index contributed by atoms with van der Waals surface area (Å²) in [6.45, 7) is 8.38. The number of benzene rings is 2. The largest absolute Gasteiger partial charge is 0.490 e. The molecule has 0 atom stereocenters. The first-order valence-corrected chi connectivity index (χ1v) is 12.7. The van der Waals surface area contributed by atoms with Crippen molar-refractivity contribution in [1.82, 2.24) is 9.62 Å². The number of carbonyl (C=O) groups is 2. The Morgan fingerprint density at radius 2 is 1.41 bits per heavy atom. The first-order chi connectivity index (χ1) is 16.8. The van der Waals surface area contributed by atoms with E-state index in [0.29, 0.717) is 12.1 Å². The van der Waals surface area contributed by atoms with E-state index >= 15 is 0 Å². The highest BCUT2D eigenvalue weighted by Crippen LogP contribution is 2.29. The number of carboxylic acid groups (broad SMARTS) is 1. The maximum absolute atomic E-state index is 14.1. The number of carboxylic acids is 1. The lowest BCUT2D eigenvalue weighted by Gasteiger charge is -2.20. The summed E-state index contributed by atoms with van der Waals surface area (Å²) in [7, 11) is -0.131. The zero-order valence-corrected chi connectivity index (χ0v) is 22.3. The van der Waals surface area contributed by atoms with Crippen LogP contribution in [0.15, 0.2) is 41.3 Å². The Kier molecular flexibility index (Phi) is 11.3. The summed E-state index contributed by atoms with van der Waals surface area (Å²) in [5.41, 5.74) is 3.11. The van der Waals surface area contributed by atoms with E-state index in [1.807, 2.05) is 46.7 Å². The average molecular weight is 549 g/mol. The van der Waals surface area contributed by atoms with Crippen LogP contribution in [0.4, 0.5) is 17.6 Å². The summed E-state index contributed by atoms with van der Waals surface area (Å²) in [5, 5.41) is 7.12. The van der Waals surface area contributed by atoms with E-state index in [-0.39, 0.29) is 29.0 Å². The molecule has 2 rings (SSSR count). The van der Waals surface area contributed by atoms with Crippen LogP contribution in [0.25, 0.3) is 0 Å². The van der Waals surface area contributed by atoms with E-state index in [0.717, 1.165) is 16.7 Å². The van der Waals surface area contributed by atoms with Crippen molar-refractivity contribution in [3.8, 4) is 0 Å². The third-order valence-corrected chi connectivity index (χ3v) is 6.48. The molecule has 37 heavy (non-hydrogen) atoms. The molecule has 2 N–H and O–H groups in total. The Morgan fingerprint density at radius 1 is 0.973 bits per heavy atom. The standard InChI is InChI=1S/C23H31FN2O3S.C2HF3O2/c1-15(2)20-11-18(24)12-21(16(3)4)22(20)13-23(27)25-30(28,29)19-9-7-17(8-10-19)14-26(5)6;3-2(4,5)1(6)7/h7-12,15-16H,13-14H2,1-6H3,(H,25,27);(H,6,7). The Hall–Kier alpha value is -2.99. The third-order valence-electron chi connectivity index (χ3n) is 5.09. The SMILES string of the molecule is CC(C)c1cc(F)cc(C(C)C)c1CC(=O)NS(=O)(=O)c1ccc(CN(C)C)cc1.O=C(O)C(F)(F)F. The van der Waals surface area contributed by atoms with Crippen molar-refractivity contribution in [3.63, 3.8) is 0 Å². The van der Waals surface area contributed by atoms with Gasteiger partial charge in [0.25, 0.3) is 10.0 Å². The van der Waals surface area contributed by atoms with E-state index in [9.17, 15) is 30.8 Å². The maximum Gasteiger partial charge on any atom is 0.490 e. The quantitative estimate of drug-likeness (QED) is 0.459. The van der Waals surface area contributed by atoms with Gasteiger partial charge in [-0.25, -0.2) is 22.3 Å². The fourth-order valence-electron chi connectivity index (χ4n) is 3.46. The van der Waals surface area contributed by atoms with Gasteiger partial charge in [0.15, 0.2) is 0 Å². The minimum atomic E-state index is -5.08. The molecule has 12 heteroatoms. The molecule has 206 valence electrons. The summed E-state index contributed by atoms with van der Waals surface area (Å²) >= 11 is 0. The van der Waals surface area contributed by atoms with Crippen LogP contribution in [-0.4, -0.2) is 50.6 Å². The Balaban J connectivity index is 0.000000856. The van der Waals surface area contributed by atoms with Crippen LogP contribution in [-0.2, 0) is 32.6 Å². The predicted octanol–water partition coefficient (Wildman–Crippen LogP) is 4.82. The van der Waals surface area contributed by atoms with Crippen LogP contribution in [0.3, 0.4) is 0 Å². The zero-order valence-electron chi connectivity index (χ0n) is 21.5. The van der Waals surface area contributed by atoms with Crippen LogP contribution < -0.4 is 4.72 Å². The number of aliphatic carboxylic acids is 1. The van der Waals surface area contributed by atoms with Gasteiger partial charge in [-0.3, -0.25) is 4.79 Å². The maximum atomic E-state index is 14.1. The predicted molar refractivity (Wildman–Crippen MR) is 131 cm³/mol. The highest BCUT2D eigenvalue weighted by atomic mass is 32.2. The molecule has 1 amide bonds. The number of nitrogens with zero attached hydrogens (tertiary/aromatic N) is 1. The molecule has 0 heterocycles. The summed E-state index contributed by atoms with van der Waals surface area (Å²) in [6.07, 6.45) is -5.21. The number of amides is 1. The summed E-state index contributed by atoms with van der Waals surface area (Å²) in [4.78, 5) is 23.6. The molecule has 2 aromatic rings. The molecule has 0 aliphatic carbocycles. The number of alkyl halides is 3. The molecule has 7 nitrogen and oxygen atoms in total. The zero-order chi connectivity index (χ0) is 28.7. The van der Waals surface area contributed by atoms with Crippen LogP contribution >= 0.6 is 0 Å². The topological polar surface area (TPSA) is 104 Å². The van der Waals surface area contributed by atoms with E-state index in [1.165, 1.54) is 24.3 Å². The van der Waals surface area contributed by atoms with Crippen molar-refractivity contribution in [3.05, 3.63) is 64.5 Å². The van der Waals surface area contributed by atoms with Gasteiger partial charge in [-0.2, -0.15) is 13.2 Å². The van der Waals surface area contributed by atoms with Gasteiger partial charge < -0.3 is 10.0 Å². The number of rotatable bonds is 8. The molecule has 2 aromatic carbocycles. The second-order valence-corrected chi connectivity index (χ2v) is 10.9. The molecule has 0 fully saturated rings. The highest BCUT2D eigenvalue weighted by molar-refractivity contribution is 7.90. The Morgan fingerprint density at radius 3 is 1.76 bits per heavy atom. The fraction of sp³-hybridized carbons (Fsp3) is 0.440. The number of nitrogens with one attached hydrogen (secondary N) is 1. The monoisotopic (exact) mass is 548 g/mol. The normalized spacial score (nSPS) is 11.9. The lowest BCUT2D eigenvalue weighted by molar-refractivity contribution is -0.192. The van der Waals surface area contributed by atoms with Crippen molar-refractivity contribution < 1.29 is 40.7 Å². The van der Waals surface area contributed by atoms with E-state index in [1.54, 1.807) is 12.1 Å². The van der Waals surface area contributed by atoms with Gasteiger partial charge in [0, 0.05) is 6.54 Å². The minimum Gasteiger partial charge on any atom is -0.475 e. The number of hydrogen-bond acceptors (Lipinski definition) is 5. The molecular weight excluding hydrogens is 516 g/mol. The van der Waals surface area contributed by atoms with Crippen LogP contribution in [0.5, 0.6) is 0 Å². The fourth-order valence-corrected chi connectivity index (χ4v) is 4.44. The van der Waals surface area contributed by atoms with Crippen molar-refractivity contribution in [1.29, 1.82) is 0 Å². The number of halogens is 4. The van der Waals surface area contributed by atoms with Gasteiger partial charge in [0.2, 0.25) is 5.91 Å². The Bertz CT molecular complexity index is 1160. The molecule has 0 bridgehead atoms. The van der Waals surface area contributed by atoms with Crippen LogP contribution in [0, 0.1) is 5.82 Å². The van der Waals surface area contributed by atoms with Crippen molar-refractivity contribution in [2.75, 3.05) is 14.1 Å². The van der Waals surface area contributed by atoms with Crippen molar-refractivity contribution in [2.45, 2.75) is 63.6 Å². The minimum absolute atomic E-state index is 0.00171. The van der Waals surface area contributed by atoms with Crippen LogP contribution in [0.2, 0.25) is 0 Å². The summed E-state index contributed by atoms with van der Waals surface area (Å²) in [5.74, 6) is -3.74. The summed E-state index contributed by atoms with van der Waals surface area (Å²) in [6, 6.07) is 9.30. The van der Waals surface area contributed by atoms with Gasteiger partial charge in [-0.05, 0) is 72.5 Å². The second-order valence-electron chi connectivity index (χ2n) is 9.26. The smallest absolute Gasteiger partial charge is 0.475 e. The van der Waals surface area contributed by atoms with Gasteiger partial charge in [-0.15, -0.1) is 0 Å². The van der Waals surface area contributed by atoms with Crippen LogP contribution in [0.1, 0.15) is 61.8 Å². The number of carbonyl (C=O) groups excluding carboxylic acids is 1. The van der Waals surface area contributed by atoms with E-state index < -0.39 is 28.1 Å². The van der Waals surface area contributed by atoms with Gasteiger partial charge >= 0.3 is 12.1 Å². The molecule has 0 aromatic heterocycles. The molecule has 0 aliphatic heterocycles. The molecule has 0 saturated heterocycles. The van der Waals surface area contributed by atoms with Gasteiger partial charge in [0.1, 0.15) is 5.82 Å². The average Bonchev–Trinajstić information content (AvgIpc) is 2.73. The number of sulfonamides is 1. The molecule has 0 aliphatic rings. The number of hydrogen-bond donors (Lipinski definition) is 2.